The van der Waals surface area contributed by atoms with Crippen LogP contribution in [0.3, 0.4) is 0 Å². The molecular formula is C17H19BrN2O4. The number of nitrogens with zero attached hydrogens (tertiary/aromatic N) is 1. The molecule has 2 atom stereocenters. The minimum absolute atomic E-state index is 0.0543. The summed E-state index contributed by atoms with van der Waals surface area (Å²) in [6.45, 7) is 0.472. The van der Waals surface area contributed by atoms with Gasteiger partial charge in [0.2, 0.25) is 11.8 Å². The largest absolute Gasteiger partial charge is 0.481 e. The van der Waals surface area contributed by atoms with Crippen molar-refractivity contribution in [2.24, 2.45) is 11.8 Å². The summed E-state index contributed by atoms with van der Waals surface area (Å²) in [7, 11) is 0. The highest BCUT2D eigenvalue weighted by Gasteiger charge is 2.40. The van der Waals surface area contributed by atoms with E-state index >= 15 is 0 Å². The van der Waals surface area contributed by atoms with Gasteiger partial charge < -0.3 is 15.3 Å². The van der Waals surface area contributed by atoms with Crippen molar-refractivity contribution < 1.29 is 19.5 Å². The van der Waals surface area contributed by atoms with Crippen molar-refractivity contribution in [2.75, 3.05) is 19.6 Å². The van der Waals surface area contributed by atoms with E-state index in [1.807, 2.05) is 24.3 Å². The Bertz CT molecular complexity index is 657. The minimum Gasteiger partial charge on any atom is -0.481 e. The van der Waals surface area contributed by atoms with Gasteiger partial charge in [0.05, 0.1) is 12.5 Å². The first-order chi connectivity index (χ1) is 11.5. The number of carbonyl (C=O) groups excluding carboxylic acids is 2. The summed E-state index contributed by atoms with van der Waals surface area (Å²) in [4.78, 5) is 37.0. The number of hydrogen-bond acceptors (Lipinski definition) is 3. The van der Waals surface area contributed by atoms with Gasteiger partial charge in [-0.2, -0.15) is 0 Å². The normalized spacial score (nSPS) is 23.1. The molecule has 3 rings (SSSR count). The third-order valence-corrected chi connectivity index (χ3v) is 5.18. The fraction of sp³-hybridized carbons (Fsp3) is 0.471. The zero-order chi connectivity index (χ0) is 17.3. The zero-order valence-corrected chi connectivity index (χ0v) is 14.7. The van der Waals surface area contributed by atoms with Crippen LogP contribution in [0.5, 0.6) is 0 Å². The lowest BCUT2D eigenvalue weighted by Gasteiger charge is -2.17. The predicted molar refractivity (Wildman–Crippen MR) is 90.3 cm³/mol. The van der Waals surface area contributed by atoms with E-state index in [0.717, 1.165) is 22.9 Å². The Balaban J connectivity index is 1.65. The number of carbonyl (C=O) groups is 3. The molecule has 1 aliphatic carbocycles. The van der Waals surface area contributed by atoms with Gasteiger partial charge in [0.25, 0.3) is 0 Å². The van der Waals surface area contributed by atoms with E-state index in [9.17, 15) is 19.5 Å². The number of nitrogens with one attached hydrogen (secondary N) is 1. The van der Waals surface area contributed by atoms with Crippen molar-refractivity contribution >= 4 is 33.7 Å². The van der Waals surface area contributed by atoms with Gasteiger partial charge in [-0.25, -0.2) is 0 Å². The van der Waals surface area contributed by atoms with Crippen LogP contribution in [0.15, 0.2) is 28.7 Å². The van der Waals surface area contributed by atoms with E-state index in [-0.39, 0.29) is 36.7 Å². The van der Waals surface area contributed by atoms with Crippen LogP contribution in [0, 0.1) is 11.8 Å². The van der Waals surface area contributed by atoms with E-state index in [1.165, 1.54) is 0 Å². The van der Waals surface area contributed by atoms with Gasteiger partial charge in [0, 0.05) is 29.4 Å². The third-order valence-electron chi connectivity index (χ3n) is 4.65. The lowest BCUT2D eigenvalue weighted by Crippen LogP contribution is -2.39. The minimum atomic E-state index is -0.903. The molecule has 0 bridgehead atoms. The number of halogens is 1. The highest BCUT2D eigenvalue weighted by atomic mass is 79.9. The number of carboxylic acids is 1. The first-order valence-electron chi connectivity index (χ1n) is 7.99. The molecule has 128 valence electrons. The molecule has 7 heteroatoms. The van der Waals surface area contributed by atoms with Crippen LogP contribution in [-0.4, -0.2) is 47.4 Å². The van der Waals surface area contributed by atoms with Crippen LogP contribution < -0.4 is 5.32 Å². The van der Waals surface area contributed by atoms with E-state index < -0.39 is 11.9 Å². The summed E-state index contributed by atoms with van der Waals surface area (Å²) in [6, 6.07) is 7.50. The number of aliphatic carboxylic acids is 1. The number of hydrogen-bond donors (Lipinski definition) is 2. The Morgan fingerprint density at radius 2 is 1.83 bits per heavy atom. The topological polar surface area (TPSA) is 86.7 Å². The van der Waals surface area contributed by atoms with Crippen molar-refractivity contribution in [2.45, 2.75) is 18.8 Å². The summed E-state index contributed by atoms with van der Waals surface area (Å²) >= 11 is 3.36. The molecule has 6 nitrogen and oxygen atoms in total. The SMILES string of the molecule is O=C(NCC(=O)N1C[C@@H](C(=O)O)[C@H](c2ccc(Br)cc2)C1)C1CC1. The molecule has 0 aromatic heterocycles. The van der Waals surface area contributed by atoms with Crippen LogP contribution >= 0.6 is 15.9 Å². The van der Waals surface area contributed by atoms with Crippen molar-refractivity contribution in [1.82, 2.24) is 10.2 Å². The Labute approximate surface area is 148 Å². The molecule has 1 aliphatic heterocycles. The van der Waals surface area contributed by atoms with Crippen LogP contribution in [0.1, 0.15) is 24.3 Å². The summed E-state index contributed by atoms with van der Waals surface area (Å²) < 4.78 is 0.923. The van der Waals surface area contributed by atoms with Crippen molar-refractivity contribution in [3.63, 3.8) is 0 Å². The molecule has 2 aliphatic rings. The second kappa shape index (κ2) is 6.93. The zero-order valence-electron chi connectivity index (χ0n) is 13.1. The van der Waals surface area contributed by atoms with E-state index in [4.69, 9.17) is 0 Å². The summed E-state index contributed by atoms with van der Waals surface area (Å²) in [5.41, 5.74) is 0.905. The number of benzene rings is 1. The van der Waals surface area contributed by atoms with Crippen molar-refractivity contribution in [1.29, 1.82) is 0 Å². The molecule has 24 heavy (non-hydrogen) atoms. The smallest absolute Gasteiger partial charge is 0.308 e. The van der Waals surface area contributed by atoms with Crippen molar-refractivity contribution in [3.8, 4) is 0 Å². The van der Waals surface area contributed by atoms with Crippen LogP contribution in [-0.2, 0) is 14.4 Å². The number of carboxylic acid groups (broad SMARTS) is 1. The summed E-state index contributed by atoms with van der Waals surface area (Å²) in [5.74, 6) is -2.02. The van der Waals surface area contributed by atoms with Gasteiger partial charge in [-0.15, -0.1) is 0 Å². The average molecular weight is 395 g/mol. The summed E-state index contributed by atoms with van der Waals surface area (Å²) in [6.07, 6.45) is 1.77. The highest BCUT2D eigenvalue weighted by Crippen LogP contribution is 2.33. The monoisotopic (exact) mass is 394 g/mol. The summed E-state index contributed by atoms with van der Waals surface area (Å²) in [5, 5.41) is 12.1. The van der Waals surface area contributed by atoms with E-state index in [1.54, 1.807) is 4.90 Å². The average Bonchev–Trinajstić information content (AvgIpc) is 3.31. The van der Waals surface area contributed by atoms with Crippen LogP contribution in [0.2, 0.25) is 0 Å². The fourth-order valence-electron chi connectivity index (χ4n) is 3.07. The van der Waals surface area contributed by atoms with Gasteiger partial charge >= 0.3 is 5.97 Å². The van der Waals surface area contributed by atoms with Gasteiger partial charge in [-0.05, 0) is 30.5 Å². The van der Waals surface area contributed by atoms with E-state index in [0.29, 0.717) is 6.54 Å². The Kier molecular flexibility index (Phi) is 4.89. The van der Waals surface area contributed by atoms with Crippen LogP contribution in [0.4, 0.5) is 0 Å². The lowest BCUT2D eigenvalue weighted by molar-refractivity contribution is -0.142. The van der Waals surface area contributed by atoms with Gasteiger partial charge in [0.15, 0.2) is 0 Å². The highest BCUT2D eigenvalue weighted by molar-refractivity contribution is 9.10. The maximum atomic E-state index is 12.3. The van der Waals surface area contributed by atoms with Gasteiger partial charge in [0.1, 0.15) is 0 Å². The number of rotatable bonds is 5. The molecule has 0 unspecified atom stereocenters. The van der Waals surface area contributed by atoms with E-state index in [2.05, 4.69) is 21.2 Å². The van der Waals surface area contributed by atoms with Gasteiger partial charge in [-0.3, -0.25) is 14.4 Å². The molecule has 1 aromatic carbocycles. The van der Waals surface area contributed by atoms with Crippen LogP contribution in [0.25, 0.3) is 0 Å². The molecule has 2 N–H and O–H groups in total. The predicted octanol–water partition coefficient (Wildman–Crippen LogP) is 1.60. The first kappa shape index (κ1) is 17.0. The second-order valence-corrected chi connectivity index (χ2v) is 7.31. The molecule has 1 saturated heterocycles. The standard InChI is InChI=1S/C17H19BrN2O4/c18-12-5-3-10(4-6-12)13-8-20(9-14(13)17(23)24)15(21)7-19-16(22)11-1-2-11/h3-6,11,13-14H,1-2,7-9H2,(H,19,22)(H,23,24)/t13-,14+/m0/s1. The molecule has 0 radical (unpaired) electrons. The fourth-order valence-corrected chi connectivity index (χ4v) is 3.33. The molecule has 1 aromatic rings. The molecule has 2 amide bonds. The molecule has 1 heterocycles. The molecule has 0 spiro atoms. The first-order valence-corrected chi connectivity index (χ1v) is 8.78. The quantitative estimate of drug-likeness (QED) is 0.793. The Morgan fingerprint density at radius 1 is 1.17 bits per heavy atom. The Morgan fingerprint density at radius 3 is 2.42 bits per heavy atom. The molecule has 2 fully saturated rings. The number of amides is 2. The lowest BCUT2D eigenvalue weighted by atomic mass is 9.89. The maximum Gasteiger partial charge on any atom is 0.308 e. The molecule has 1 saturated carbocycles. The van der Waals surface area contributed by atoms with Gasteiger partial charge in [-0.1, -0.05) is 28.1 Å². The van der Waals surface area contributed by atoms with Crippen molar-refractivity contribution in [3.05, 3.63) is 34.3 Å². The maximum absolute atomic E-state index is 12.3. The third kappa shape index (κ3) is 3.77. The second-order valence-electron chi connectivity index (χ2n) is 6.39. The molecular weight excluding hydrogens is 376 g/mol. The Hall–Kier alpha value is -1.89. The number of likely N-dealkylation sites (tertiary alicyclic amines) is 1.